The quantitative estimate of drug-likeness (QED) is 0.846. The molecule has 2 aromatic rings. The van der Waals surface area contributed by atoms with E-state index in [4.69, 9.17) is 4.74 Å². The minimum Gasteiger partial charge on any atom is -0.495 e. The van der Waals surface area contributed by atoms with Gasteiger partial charge in [0.15, 0.2) is 0 Å². The van der Waals surface area contributed by atoms with Gasteiger partial charge in [0.2, 0.25) is 0 Å². The van der Waals surface area contributed by atoms with Crippen LogP contribution < -0.4 is 4.74 Å². The first-order valence-corrected chi connectivity index (χ1v) is 8.16. The van der Waals surface area contributed by atoms with Crippen LogP contribution in [0.1, 0.15) is 17.7 Å². The van der Waals surface area contributed by atoms with Gasteiger partial charge in [-0.05, 0) is 43.3 Å². The maximum absolute atomic E-state index is 5.26. The zero-order valence-electron chi connectivity index (χ0n) is 13.7. The fourth-order valence-corrected chi connectivity index (χ4v) is 2.98. The summed E-state index contributed by atoms with van der Waals surface area (Å²) in [7, 11) is 1.68. The fraction of sp³-hybridized carbons (Fsp3) is 0.444. The molecule has 1 aliphatic rings. The number of aromatic nitrogens is 2. The number of hydrogen-bond acceptors (Lipinski definition) is 5. The SMILES string of the molecule is COc1cncc(CN2CCCN(Cc3ccccn3)CC2)c1. The van der Waals surface area contributed by atoms with Crippen molar-refractivity contribution in [2.75, 3.05) is 33.3 Å². The lowest BCUT2D eigenvalue weighted by molar-refractivity contribution is 0.245. The van der Waals surface area contributed by atoms with Gasteiger partial charge in [0.1, 0.15) is 5.75 Å². The second-order valence-electron chi connectivity index (χ2n) is 5.96. The summed E-state index contributed by atoms with van der Waals surface area (Å²) < 4.78 is 5.26. The van der Waals surface area contributed by atoms with Gasteiger partial charge < -0.3 is 4.74 Å². The molecule has 0 saturated carbocycles. The van der Waals surface area contributed by atoms with Crippen molar-refractivity contribution in [2.45, 2.75) is 19.5 Å². The standard InChI is InChI=1S/C18H24N4O/c1-23-18-11-16(12-19-13-18)14-21-7-4-8-22(10-9-21)15-17-5-2-3-6-20-17/h2-3,5-6,11-13H,4,7-10,14-15H2,1H3. The Balaban J connectivity index is 1.53. The Morgan fingerprint density at radius 2 is 1.87 bits per heavy atom. The molecule has 0 aliphatic carbocycles. The predicted octanol–water partition coefficient (Wildman–Crippen LogP) is 2.19. The maximum Gasteiger partial charge on any atom is 0.137 e. The molecule has 23 heavy (non-hydrogen) atoms. The number of hydrogen-bond donors (Lipinski definition) is 0. The Morgan fingerprint density at radius 3 is 2.61 bits per heavy atom. The minimum absolute atomic E-state index is 0.828. The van der Waals surface area contributed by atoms with E-state index >= 15 is 0 Å². The van der Waals surface area contributed by atoms with E-state index in [2.05, 4.69) is 38.0 Å². The molecule has 0 aromatic carbocycles. The third-order valence-electron chi connectivity index (χ3n) is 4.20. The Bertz CT molecular complexity index is 605. The summed E-state index contributed by atoms with van der Waals surface area (Å²) >= 11 is 0. The van der Waals surface area contributed by atoms with Gasteiger partial charge in [0.05, 0.1) is 19.0 Å². The molecule has 1 saturated heterocycles. The molecule has 0 atom stereocenters. The third kappa shape index (κ3) is 4.74. The Labute approximate surface area is 137 Å². The van der Waals surface area contributed by atoms with E-state index in [1.165, 1.54) is 12.0 Å². The average molecular weight is 312 g/mol. The predicted molar refractivity (Wildman–Crippen MR) is 90.2 cm³/mol. The van der Waals surface area contributed by atoms with E-state index < -0.39 is 0 Å². The number of nitrogens with zero attached hydrogens (tertiary/aromatic N) is 4. The van der Waals surface area contributed by atoms with Crippen molar-refractivity contribution in [3.05, 3.63) is 54.1 Å². The van der Waals surface area contributed by atoms with Gasteiger partial charge in [-0.1, -0.05) is 6.07 Å². The Kier molecular flexibility index (Phi) is 5.56. The zero-order chi connectivity index (χ0) is 15.9. The molecule has 2 aromatic heterocycles. The first-order chi connectivity index (χ1) is 11.3. The second-order valence-corrected chi connectivity index (χ2v) is 5.96. The minimum atomic E-state index is 0.828. The molecule has 5 heteroatoms. The molecule has 0 spiro atoms. The van der Waals surface area contributed by atoms with Gasteiger partial charge in [0, 0.05) is 38.6 Å². The van der Waals surface area contributed by atoms with Crippen LogP contribution in [-0.4, -0.2) is 53.1 Å². The van der Waals surface area contributed by atoms with E-state index in [9.17, 15) is 0 Å². The van der Waals surface area contributed by atoms with Crippen molar-refractivity contribution >= 4 is 0 Å². The smallest absolute Gasteiger partial charge is 0.137 e. The number of methoxy groups -OCH3 is 1. The summed E-state index contributed by atoms with van der Waals surface area (Å²) in [6.45, 7) is 6.27. The van der Waals surface area contributed by atoms with Crippen LogP contribution in [0, 0.1) is 0 Å². The van der Waals surface area contributed by atoms with Crippen LogP contribution in [0.3, 0.4) is 0 Å². The maximum atomic E-state index is 5.26. The zero-order valence-corrected chi connectivity index (χ0v) is 13.7. The van der Waals surface area contributed by atoms with Crippen LogP contribution in [0.5, 0.6) is 5.75 Å². The van der Waals surface area contributed by atoms with Crippen molar-refractivity contribution in [1.29, 1.82) is 0 Å². The van der Waals surface area contributed by atoms with Crippen molar-refractivity contribution in [2.24, 2.45) is 0 Å². The summed E-state index contributed by atoms with van der Waals surface area (Å²) in [6, 6.07) is 8.20. The van der Waals surface area contributed by atoms with Crippen molar-refractivity contribution in [1.82, 2.24) is 19.8 Å². The highest BCUT2D eigenvalue weighted by Gasteiger charge is 2.15. The van der Waals surface area contributed by atoms with E-state index in [0.29, 0.717) is 0 Å². The van der Waals surface area contributed by atoms with Crippen LogP contribution in [0.15, 0.2) is 42.9 Å². The molecule has 0 N–H and O–H groups in total. The summed E-state index contributed by atoms with van der Waals surface area (Å²) in [4.78, 5) is 13.7. The fourth-order valence-electron chi connectivity index (χ4n) is 2.98. The Hall–Kier alpha value is -1.98. The molecule has 0 bridgehead atoms. The molecular weight excluding hydrogens is 288 g/mol. The lowest BCUT2D eigenvalue weighted by Crippen LogP contribution is -2.30. The molecule has 3 heterocycles. The summed E-state index contributed by atoms with van der Waals surface area (Å²) in [5, 5.41) is 0. The van der Waals surface area contributed by atoms with Gasteiger partial charge in [0.25, 0.3) is 0 Å². The van der Waals surface area contributed by atoms with Crippen molar-refractivity contribution in [3.8, 4) is 5.75 Å². The van der Waals surface area contributed by atoms with Gasteiger partial charge in [-0.2, -0.15) is 0 Å². The van der Waals surface area contributed by atoms with E-state index in [1.54, 1.807) is 13.3 Å². The van der Waals surface area contributed by atoms with Gasteiger partial charge in [-0.25, -0.2) is 0 Å². The molecule has 1 aliphatic heterocycles. The first-order valence-electron chi connectivity index (χ1n) is 8.16. The highest BCUT2D eigenvalue weighted by Crippen LogP contribution is 2.14. The van der Waals surface area contributed by atoms with Gasteiger partial charge in [-0.15, -0.1) is 0 Å². The van der Waals surface area contributed by atoms with Crippen LogP contribution in [-0.2, 0) is 13.1 Å². The number of rotatable bonds is 5. The Morgan fingerprint density at radius 1 is 1.04 bits per heavy atom. The molecule has 122 valence electrons. The summed E-state index contributed by atoms with van der Waals surface area (Å²) in [5.41, 5.74) is 2.36. The van der Waals surface area contributed by atoms with Crippen LogP contribution in [0.4, 0.5) is 0 Å². The van der Waals surface area contributed by atoms with Crippen LogP contribution >= 0.6 is 0 Å². The average Bonchev–Trinajstić information content (AvgIpc) is 2.81. The molecule has 3 rings (SSSR count). The molecule has 0 amide bonds. The molecule has 0 unspecified atom stereocenters. The number of pyridine rings is 2. The van der Waals surface area contributed by atoms with Gasteiger partial charge in [-0.3, -0.25) is 19.8 Å². The van der Waals surface area contributed by atoms with Gasteiger partial charge >= 0.3 is 0 Å². The topological polar surface area (TPSA) is 41.5 Å². The van der Waals surface area contributed by atoms with E-state index in [1.807, 2.05) is 18.5 Å². The van der Waals surface area contributed by atoms with E-state index in [0.717, 1.165) is 50.7 Å². The molecule has 5 nitrogen and oxygen atoms in total. The lowest BCUT2D eigenvalue weighted by atomic mass is 10.2. The lowest BCUT2D eigenvalue weighted by Gasteiger charge is -2.21. The monoisotopic (exact) mass is 312 g/mol. The summed E-state index contributed by atoms with van der Waals surface area (Å²) in [6.07, 6.45) is 6.74. The third-order valence-corrected chi connectivity index (χ3v) is 4.20. The molecule has 0 radical (unpaired) electrons. The highest BCUT2D eigenvalue weighted by molar-refractivity contribution is 5.23. The largest absolute Gasteiger partial charge is 0.495 e. The molecular formula is C18H24N4O. The molecule has 1 fully saturated rings. The second kappa shape index (κ2) is 8.04. The van der Waals surface area contributed by atoms with Crippen molar-refractivity contribution < 1.29 is 4.74 Å². The first kappa shape index (κ1) is 15.9. The highest BCUT2D eigenvalue weighted by atomic mass is 16.5. The number of ether oxygens (including phenoxy) is 1. The van der Waals surface area contributed by atoms with E-state index in [-0.39, 0.29) is 0 Å². The normalized spacial score (nSPS) is 16.9. The van der Waals surface area contributed by atoms with Crippen molar-refractivity contribution in [3.63, 3.8) is 0 Å². The van der Waals surface area contributed by atoms with Crippen LogP contribution in [0.25, 0.3) is 0 Å². The van der Waals surface area contributed by atoms with Crippen LogP contribution in [0.2, 0.25) is 0 Å². The summed E-state index contributed by atoms with van der Waals surface area (Å²) in [5.74, 6) is 0.828.